The van der Waals surface area contributed by atoms with E-state index in [2.05, 4.69) is 10.2 Å². The van der Waals surface area contributed by atoms with Crippen LogP contribution in [0, 0.1) is 5.82 Å². The molecule has 2 rings (SSSR count). The van der Waals surface area contributed by atoms with Gasteiger partial charge in [-0.2, -0.15) is 0 Å². The Kier molecular flexibility index (Phi) is 4.07. The van der Waals surface area contributed by atoms with Gasteiger partial charge < -0.3 is 14.3 Å². The van der Waals surface area contributed by atoms with E-state index in [0.29, 0.717) is 5.75 Å². The monoisotopic (exact) mass is 266 g/mol. The Bertz CT molecular complexity index is 570. The van der Waals surface area contributed by atoms with Gasteiger partial charge in [0.2, 0.25) is 5.89 Å². The Balaban J connectivity index is 1.88. The molecule has 1 aromatic heterocycles. The number of hydrogen-bond donors (Lipinski definition) is 1. The zero-order valence-electron chi connectivity index (χ0n) is 9.88. The van der Waals surface area contributed by atoms with Gasteiger partial charge in [-0.15, -0.1) is 10.2 Å². The van der Waals surface area contributed by atoms with E-state index in [-0.39, 0.29) is 31.2 Å². The standard InChI is InChI=1S/C12H11FN2O4/c13-8-2-1-3-9(6-8)18-7-11-15-14-10(19-11)4-5-12(16)17/h1-3,6H,4-5,7H2,(H,16,17). The quantitative estimate of drug-likeness (QED) is 0.858. The number of rotatable bonds is 6. The molecular formula is C12H11FN2O4. The molecule has 0 amide bonds. The van der Waals surface area contributed by atoms with Gasteiger partial charge in [0.25, 0.3) is 5.89 Å². The Labute approximate surface area is 107 Å². The molecule has 100 valence electrons. The third-order valence-corrected chi connectivity index (χ3v) is 2.22. The molecule has 1 aromatic carbocycles. The van der Waals surface area contributed by atoms with Crippen molar-refractivity contribution < 1.29 is 23.4 Å². The van der Waals surface area contributed by atoms with Crippen LogP contribution in [-0.2, 0) is 17.8 Å². The van der Waals surface area contributed by atoms with Crippen molar-refractivity contribution in [2.24, 2.45) is 0 Å². The van der Waals surface area contributed by atoms with Crippen molar-refractivity contribution in [1.29, 1.82) is 0 Å². The normalized spacial score (nSPS) is 10.4. The molecule has 0 bridgehead atoms. The highest BCUT2D eigenvalue weighted by molar-refractivity contribution is 5.66. The molecule has 6 nitrogen and oxygen atoms in total. The summed E-state index contributed by atoms with van der Waals surface area (Å²) in [6.45, 7) is 0.00350. The molecule has 19 heavy (non-hydrogen) atoms. The van der Waals surface area contributed by atoms with E-state index >= 15 is 0 Å². The molecule has 2 aromatic rings. The zero-order chi connectivity index (χ0) is 13.7. The average molecular weight is 266 g/mol. The minimum Gasteiger partial charge on any atom is -0.484 e. The highest BCUT2D eigenvalue weighted by atomic mass is 19.1. The first-order valence-electron chi connectivity index (χ1n) is 5.55. The molecule has 1 N–H and O–H groups in total. The molecule has 0 saturated heterocycles. The summed E-state index contributed by atoms with van der Waals surface area (Å²) in [6.07, 6.45) is 0.0919. The molecule has 0 atom stereocenters. The third kappa shape index (κ3) is 4.06. The minimum absolute atomic E-state index is 0.00350. The first kappa shape index (κ1) is 13.0. The first-order chi connectivity index (χ1) is 9.13. The van der Waals surface area contributed by atoms with Crippen molar-refractivity contribution in [2.45, 2.75) is 19.4 Å². The number of hydrogen-bond acceptors (Lipinski definition) is 5. The van der Waals surface area contributed by atoms with Crippen LogP contribution >= 0.6 is 0 Å². The molecule has 0 unspecified atom stereocenters. The Hall–Kier alpha value is -2.44. The van der Waals surface area contributed by atoms with Gasteiger partial charge in [-0.05, 0) is 12.1 Å². The van der Waals surface area contributed by atoms with E-state index in [0.717, 1.165) is 0 Å². The molecule has 7 heteroatoms. The van der Waals surface area contributed by atoms with E-state index in [1.165, 1.54) is 18.2 Å². The maximum atomic E-state index is 12.9. The molecule has 0 radical (unpaired) electrons. The number of aryl methyl sites for hydroxylation is 1. The van der Waals surface area contributed by atoms with E-state index in [1.54, 1.807) is 6.07 Å². The summed E-state index contributed by atoms with van der Waals surface area (Å²) in [7, 11) is 0. The predicted octanol–water partition coefficient (Wildman–Crippen LogP) is 1.80. The van der Waals surface area contributed by atoms with Gasteiger partial charge in [-0.3, -0.25) is 4.79 Å². The first-order valence-corrected chi connectivity index (χ1v) is 5.55. The molecule has 0 spiro atoms. The van der Waals surface area contributed by atoms with Gasteiger partial charge >= 0.3 is 5.97 Å². The second kappa shape index (κ2) is 5.94. The van der Waals surface area contributed by atoms with Crippen LogP contribution in [0.15, 0.2) is 28.7 Å². The van der Waals surface area contributed by atoms with Gasteiger partial charge in [-0.1, -0.05) is 6.07 Å². The van der Waals surface area contributed by atoms with Gasteiger partial charge in [0.15, 0.2) is 6.61 Å². The SMILES string of the molecule is O=C(O)CCc1nnc(COc2cccc(F)c2)o1. The van der Waals surface area contributed by atoms with Crippen molar-refractivity contribution in [3.8, 4) is 5.75 Å². The van der Waals surface area contributed by atoms with Gasteiger partial charge in [0, 0.05) is 12.5 Å². The lowest BCUT2D eigenvalue weighted by atomic mass is 10.3. The lowest BCUT2D eigenvalue weighted by Crippen LogP contribution is -1.97. The van der Waals surface area contributed by atoms with Crippen LogP contribution in [-0.4, -0.2) is 21.3 Å². The number of halogens is 1. The predicted molar refractivity (Wildman–Crippen MR) is 61.0 cm³/mol. The van der Waals surface area contributed by atoms with Crippen molar-refractivity contribution in [2.75, 3.05) is 0 Å². The summed E-state index contributed by atoms with van der Waals surface area (Å²) < 4.78 is 23.3. The number of carboxylic acids is 1. The second-order valence-electron chi connectivity index (χ2n) is 3.73. The van der Waals surface area contributed by atoms with Crippen LogP contribution in [0.4, 0.5) is 4.39 Å². The lowest BCUT2D eigenvalue weighted by Gasteiger charge is -2.02. The summed E-state index contributed by atoms with van der Waals surface area (Å²) in [5, 5.41) is 15.9. The van der Waals surface area contributed by atoms with Crippen molar-refractivity contribution >= 4 is 5.97 Å². The fraction of sp³-hybridized carbons (Fsp3) is 0.250. The second-order valence-corrected chi connectivity index (χ2v) is 3.73. The smallest absolute Gasteiger partial charge is 0.303 e. The molecule has 0 aliphatic rings. The molecule has 0 aliphatic carbocycles. The number of nitrogens with zero attached hydrogens (tertiary/aromatic N) is 2. The van der Waals surface area contributed by atoms with Crippen LogP contribution in [0.3, 0.4) is 0 Å². The fourth-order valence-electron chi connectivity index (χ4n) is 1.36. The Morgan fingerprint density at radius 1 is 1.37 bits per heavy atom. The maximum absolute atomic E-state index is 12.9. The number of benzene rings is 1. The molecular weight excluding hydrogens is 255 g/mol. The topological polar surface area (TPSA) is 85.5 Å². The molecule has 1 heterocycles. The summed E-state index contributed by atoms with van der Waals surface area (Å²) in [5.74, 6) is -0.531. The summed E-state index contributed by atoms with van der Waals surface area (Å²) in [4.78, 5) is 10.4. The Morgan fingerprint density at radius 2 is 2.16 bits per heavy atom. The molecule has 0 fully saturated rings. The van der Waals surface area contributed by atoms with Crippen LogP contribution in [0.5, 0.6) is 5.75 Å². The van der Waals surface area contributed by atoms with Crippen molar-refractivity contribution in [3.63, 3.8) is 0 Å². The number of carboxylic acid groups (broad SMARTS) is 1. The van der Waals surface area contributed by atoms with Crippen LogP contribution in [0.1, 0.15) is 18.2 Å². The van der Waals surface area contributed by atoms with Crippen molar-refractivity contribution in [1.82, 2.24) is 10.2 Å². The van der Waals surface area contributed by atoms with Crippen LogP contribution in [0.25, 0.3) is 0 Å². The number of aliphatic carboxylic acids is 1. The van der Waals surface area contributed by atoms with E-state index < -0.39 is 11.8 Å². The van der Waals surface area contributed by atoms with Crippen LogP contribution in [0.2, 0.25) is 0 Å². The van der Waals surface area contributed by atoms with E-state index in [9.17, 15) is 9.18 Å². The number of ether oxygens (including phenoxy) is 1. The average Bonchev–Trinajstić information content (AvgIpc) is 2.82. The van der Waals surface area contributed by atoms with Crippen molar-refractivity contribution in [3.05, 3.63) is 41.9 Å². The van der Waals surface area contributed by atoms with Gasteiger partial charge in [-0.25, -0.2) is 4.39 Å². The molecule has 0 saturated carbocycles. The van der Waals surface area contributed by atoms with Crippen LogP contribution < -0.4 is 4.74 Å². The van der Waals surface area contributed by atoms with Gasteiger partial charge in [0.1, 0.15) is 11.6 Å². The largest absolute Gasteiger partial charge is 0.484 e. The number of carbonyl (C=O) groups is 1. The maximum Gasteiger partial charge on any atom is 0.303 e. The van der Waals surface area contributed by atoms with E-state index in [1.807, 2.05) is 0 Å². The Morgan fingerprint density at radius 3 is 2.89 bits per heavy atom. The van der Waals surface area contributed by atoms with Gasteiger partial charge in [0.05, 0.1) is 6.42 Å². The third-order valence-electron chi connectivity index (χ3n) is 2.22. The summed E-state index contributed by atoms with van der Waals surface area (Å²) in [5.41, 5.74) is 0. The number of aromatic nitrogens is 2. The minimum atomic E-state index is -0.934. The lowest BCUT2D eigenvalue weighted by molar-refractivity contribution is -0.137. The van der Waals surface area contributed by atoms with E-state index in [4.69, 9.17) is 14.3 Å². The fourth-order valence-corrected chi connectivity index (χ4v) is 1.36. The highest BCUT2D eigenvalue weighted by Gasteiger charge is 2.08. The highest BCUT2D eigenvalue weighted by Crippen LogP contribution is 2.14. The zero-order valence-corrected chi connectivity index (χ0v) is 9.88. The summed E-state index contributed by atoms with van der Waals surface area (Å²) >= 11 is 0. The summed E-state index contributed by atoms with van der Waals surface area (Å²) in [6, 6.07) is 5.67. The molecule has 0 aliphatic heterocycles.